The highest BCUT2D eigenvalue weighted by molar-refractivity contribution is 6.30. The van der Waals surface area contributed by atoms with Crippen LogP contribution in [0.3, 0.4) is 0 Å². The van der Waals surface area contributed by atoms with Crippen LogP contribution in [0.4, 0.5) is 11.4 Å². The molecule has 2 aromatic rings. The smallest absolute Gasteiger partial charge is 0.270 e. The summed E-state index contributed by atoms with van der Waals surface area (Å²) in [7, 11) is 1.67. The summed E-state index contributed by atoms with van der Waals surface area (Å²) in [5.74, 6) is -0.278. The van der Waals surface area contributed by atoms with Crippen molar-refractivity contribution in [1.29, 1.82) is 0 Å². The Hall–Kier alpha value is -2.64. The van der Waals surface area contributed by atoms with E-state index in [1.165, 1.54) is 17.0 Å². The van der Waals surface area contributed by atoms with Crippen molar-refractivity contribution in [1.82, 2.24) is 4.90 Å². The van der Waals surface area contributed by atoms with Crippen molar-refractivity contribution in [2.75, 3.05) is 38.3 Å². The van der Waals surface area contributed by atoms with E-state index < -0.39 is 4.92 Å². The van der Waals surface area contributed by atoms with Crippen molar-refractivity contribution in [3.05, 3.63) is 68.7 Å². The van der Waals surface area contributed by atoms with Gasteiger partial charge in [-0.15, -0.1) is 0 Å². The summed E-state index contributed by atoms with van der Waals surface area (Å²) in [6.45, 7) is 2.74. The van der Waals surface area contributed by atoms with E-state index >= 15 is 0 Å². The molecule has 0 aliphatic carbocycles. The number of benzene rings is 2. The van der Waals surface area contributed by atoms with E-state index in [4.69, 9.17) is 16.3 Å². The Morgan fingerprint density at radius 2 is 2.00 bits per heavy atom. The Kier molecular flexibility index (Phi) is 5.93. The number of ether oxygens (including phenoxy) is 1. The number of nitrogens with zero attached hydrogens (tertiary/aromatic N) is 3. The van der Waals surface area contributed by atoms with Crippen LogP contribution in [0, 0.1) is 10.1 Å². The SMILES string of the molecule is CN(Cc1cccc(Cl)c1)C(=O)c1cc([N+](=O)[O-])ccc1N1CCOCC1. The lowest BCUT2D eigenvalue weighted by molar-refractivity contribution is -0.384. The van der Waals surface area contributed by atoms with Gasteiger partial charge in [-0.05, 0) is 23.8 Å². The summed E-state index contributed by atoms with van der Waals surface area (Å²) in [5, 5.41) is 11.8. The van der Waals surface area contributed by atoms with Crippen LogP contribution in [0.1, 0.15) is 15.9 Å². The Morgan fingerprint density at radius 1 is 1.26 bits per heavy atom. The monoisotopic (exact) mass is 389 g/mol. The lowest BCUT2D eigenvalue weighted by Gasteiger charge is -2.31. The molecule has 7 nitrogen and oxygen atoms in total. The number of anilines is 1. The molecule has 0 aromatic heterocycles. The molecule has 1 fully saturated rings. The van der Waals surface area contributed by atoms with E-state index in [-0.39, 0.29) is 11.6 Å². The number of rotatable bonds is 5. The summed E-state index contributed by atoms with van der Waals surface area (Å²) in [6.07, 6.45) is 0. The van der Waals surface area contributed by atoms with Crippen LogP contribution in [0.15, 0.2) is 42.5 Å². The average Bonchev–Trinajstić information content (AvgIpc) is 2.67. The van der Waals surface area contributed by atoms with Crippen molar-refractivity contribution >= 4 is 28.9 Å². The van der Waals surface area contributed by atoms with E-state index in [2.05, 4.69) is 0 Å². The number of halogens is 1. The number of non-ortho nitro benzene ring substituents is 1. The molecule has 1 aliphatic heterocycles. The molecule has 1 heterocycles. The van der Waals surface area contributed by atoms with E-state index in [1.54, 1.807) is 25.2 Å². The first-order valence-electron chi connectivity index (χ1n) is 8.57. The molecule has 1 saturated heterocycles. The van der Waals surface area contributed by atoms with Crippen molar-refractivity contribution in [2.45, 2.75) is 6.54 Å². The fourth-order valence-corrected chi connectivity index (χ4v) is 3.29. The van der Waals surface area contributed by atoms with Crippen LogP contribution in [0.5, 0.6) is 0 Å². The molecule has 3 rings (SSSR count). The number of carbonyl (C=O) groups excluding carboxylic acids is 1. The van der Waals surface area contributed by atoms with Gasteiger partial charge in [-0.3, -0.25) is 14.9 Å². The van der Waals surface area contributed by atoms with Crippen LogP contribution in [0.2, 0.25) is 5.02 Å². The third kappa shape index (κ3) is 4.56. The number of nitro groups is 1. The van der Waals surface area contributed by atoms with Gasteiger partial charge >= 0.3 is 0 Å². The largest absolute Gasteiger partial charge is 0.378 e. The number of amides is 1. The third-order valence-electron chi connectivity index (χ3n) is 4.43. The maximum absolute atomic E-state index is 13.1. The highest BCUT2D eigenvalue weighted by Crippen LogP contribution is 2.28. The zero-order valence-electron chi connectivity index (χ0n) is 14.9. The van der Waals surface area contributed by atoms with E-state index in [9.17, 15) is 14.9 Å². The summed E-state index contributed by atoms with van der Waals surface area (Å²) >= 11 is 6.01. The third-order valence-corrected chi connectivity index (χ3v) is 4.66. The predicted octanol–water partition coefficient (Wildman–Crippen LogP) is 3.36. The van der Waals surface area contributed by atoms with Crippen LogP contribution in [0.25, 0.3) is 0 Å². The zero-order chi connectivity index (χ0) is 19.4. The molecule has 1 amide bonds. The molecule has 8 heteroatoms. The first-order valence-corrected chi connectivity index (χ1v) is 8.94. The fraction of sp³-hybridized carbons (Fsp3) is 0.316. The number of nitro benzene ring substituents is 1. The van der Waals surface area contributed by atoms with Crippen LogP contribution >= 0.6 is 11.6 Å². The molecule has 1 aliphatic rings. The maximum Gasteiger partial charge on any atom is 0.270 e. The Labute approximate surface area is 162 Å². The molecular weight excluding hydrogens is 370 g/mol. The first kappa shape index (κ1) is 19.1. The topological polar surface area (TPSA) is 75.9 Å². The van der Waals surface area contributed by atoms with Gasteiger partial charge in [0.25, 0.3) is 11.6 Å². The normalized spacial score (nSPS) is 14.1. The lowest BCUT2D eigenvalue weighted by atomic mass is 10.1. The van der Waals surface area contributed by atoms with Gasteiger partial charge < -0.3 is 14.5 Å². The summed E-state index contributed by atoms with van der Waals surface area (Å²) in [6, 6.07) is 11.7. The molecule has 0 bridgehead atoms. The van der Waals surface area contributed by atoms with Crippen molar-refractivity contribution < 1.29 is 14.5 Å². The van der Waals surface area contributed by atoms with E-state index in [1.807, 2.05) is 17.0 Å². The van der Waals surface area contributed by atoms with Gasteiger partial charge in [-0.2, -0.15) is 0 Å². The summed E-state index contributed by atoms with van der Waals surface area (Å²) in [5.41, 5.74) is 1.78. The average molecular weight is 390 g/mol. The van der Waals surface area contributed by atoms with Gasteiger partial charge in [0.1, 0.15) is 0 Å². The highest BCUT2D eigenvalue weighted by atomic mass is 35.5. The van der Waals surface area contributed by atoms with Crippen molar-refractivity contribution in [2.24, 2.45) is 0 Å². The van der Waals surface area contributed by atoms with Crippen molar-refractivity contribution in [3.63, 3.8) is 0 Å². The number of carbonyl (C=O) groups is 1. The van der Waals surface area contributed by atoms with Gasteiger partial charge in [0.05, 0.1) is 29.4 Å². The second kappa shape index (κ2) is 8.37. The van der Waals surface area contributed by atoms with Gasteiger partial charge in [-0.1, -0.05) is 23.7 Å². The fourth-order valence-electron chi connectivity index (χ4n) is 3.08. The number of morpholine rings is 1. The second-order valence-corrected chi connectivity index (χ2v) is 6.79. The molecular formula is C19H20ClN3O4. The highest BCUT2D eigenvalue weighted by Gasteiger charge is 2.24. The molecule has 0 radical (unpaired) electrons. The van der Waals surface area contributed by atoms with Gasteiger partial charge in [0.15, 0.2) is 0 Å². The molecule has 0 spiro atoms. The number of hydrogen-bond donors (Lipinski definition) is 0. The molecule has 142 valence electrons. The van der Waals surface area contributed by atoms with Crippen LogP contribution < -0.4 is 4.90 Å². The predicted molar refractivity (Wildman–Crippen MR) is 103 cm³/mol. The van der Waals surface area contributed by atoms with Crippen LogP contribution in [-0.2, 0) is 11.3 Å². The summed E-state index contributed by atoms with van der Waals surface area (Å²) in [4.78, 5) is 27.3. The lowest BCUT2D eigenvalue weighted by Crippen LogP contribution is -2.38. The molecule has 0 atom stereocenters. The maximum atomic E-state index is 13.1. The second-order valence-electron chi connectivity index (χ2n) is 6.35. The van der Waals surface area contributed by atoms with Gasteiger partial charge in [0, 0.05) is 43.8 Å². The van der Waals surface area contributed by atoms with Crippen molar-refractivity contribution in [3.8, 4) is 0 Å². The van der Waals surface area contributed by atoms with E-state index in [0.29, 0.717) is 49.1 Å². The molecule has 27 heavy (non-hydrogen) atoms. The zero-order valence-corrected chi connectivity index (χ0v) is 15.7. The minimum Gasteiger partial charge on any atom is -0.378 e. The Morgan fingerprint density at radius 3 is 2.67 bits per heavy atom. The Balaban J connectivity index is 1.90. The number of hydrogen-bond acceptors (Lipinski definition) is 5. The molecule has 2 aromatic carbocycles. The quantitative estimate of drug-likeness (QED) is 0.579. The minimum absolute atomic E-state index is 0.105. The first-order chi connectivity index (χ1) is 13.0. The molecule has 0 unspecified atom stereocenters. The minimum atomic E-state index is -0.489. The van der Waals surface area contributed by atoms with Gasteiger partial charge in [0.2, 0.25) is 0 Å². The molecule has 0 N–H and O–H groups in total. The van der Waals surface area contributed by atoms with Crippen LogP contribution in [-0.4, -0.2) is 49.1 Å². The van der Waals surface area contributed by atoms with Gasteiger partial charge in [-0.25, -0.2) is 0 Å². The summed E-state index contributed by atoms with van der Waals surface area (Å²) < 4.78 is 5.36. The molecule has 0 saturated carbocycles. The van der Waals surface area contributed by atoms with E-state index in [0.717, 1.165) is 5.56 Å². The standard InChI is InChI=1S/C19H20ClN3O4/c1-21(13-14-3-2-4-15(20)11-14)19(24)17-12-16(23(25)26)5-6-18(17)22-7-9-27-10-8-22/h2-6,11-12H,7-10,13H2,1H3. The Bertz CT molecular complexity index is 853.